The molecule has 10 aromatic rings. The summed E-state index contributed by atoms with van der Waals surface area (Å²) in [5.41, 5.74) is 17.9. The predicted molar refractivity (Wildman–Crippen MR) is 237 cm³/mol. The van der Waals surface area contributed by atoms with E-state index in [1.807, 2.05) is 6.07 Å². The van der Waals surface area contributed by atoms with Crippen LogP contribution < -0.4 is 0 Å². The monoisotopic (exact) mass is 710 g/mol. The van der Waals surface area contributed by atoms with Gasteiger partial charge in [-0.1, -0.05) is 164 Å². The fourth-order valence-corrected chi connectivity index (χ4v) is 8.71. The second-order valence-electron chi connectivity index (χ2n) is 14.6. The maximum atomic E-state index is 5.30. The van der Waals surface area contributed by atoms with Crippen molar-refractivity contribution in [3.05, 3.63) is 204 Å². The maximum Gasteiger partial charge on any atom is 0.0796 e. The van der Waals surface area contributed by atoms with Gasteiger partial charge in [-0.3, -0.25) is 0 Å². The van der Waals surface area contributed by atoms with E-state index in [0.29, 0.717) is 0 Å². The lowest BCUT2D eigenvalue weighted by atomic mass is 9.90. The number of rotatable bonds is 4. The van der Waals surface area contributed by atoms with Gasteiger partial charge in [0.25, 0.3) is 0 Å². The Hall–Kier alpha value is -7.38. The lowest BCUT2D eigenvalue weighted by molar-refractivity contribution is 1.38. The van der Waals surface area contributed by atoms with Crippen LogP contribution in [-0.4, -0.2) is 9.97 Å². The van der Waals surface area contributed by atoms with Crippen molar-refractivity contribution in [2.24, 2.45) is 0 Å². The van der Waals surface area contributed by atoms with Crippen LogP contribution in [0.4, 0.5) is 0 Å². The zero-order valence-electron chi connectivity index (χ0n) is 30.8. The Labute approximate surface area is 325 Å². The average molecular weight is 711 g/mol. The molecule has 0 amide bonds. The highest BCUT2D eigenvalue weighted by Gasteiger charge is 2.18. The molecule has 0 aliphatic heterocycles. The number of nitrogens with zero attached hydrogens (tertiary/aromatic N) is 2. The van der Waals surface area contributed by atoms with Gasteiger partial charge in [0.1, 0.15) is 0 Å². The van der Waals surface area contributed by atoms with Gasteiger partial charge in [-0.2, -0.15) is 0 Å². The van der Waals surface area contributed by atoms with Crippen molar-refractivity contribution >= 4 is 71.3 Å². The zero-order valence-corrected chi connectivity index (χ0v) is 30.8. The SMILES string of the molecule is CC1=C=C(c2ccc(-c3cccc(-c4nc5ccccc5c5c4ccc4ccccc45)c3)c3ccccc23)C=Cc2ccc3ccc(-c4ccccc4)nc3c21. The van der Waals surface area contributed by atoms with Gasteiger partial charge in [-0.15, -0.1) is 5.73 Å². The van der Waals surface area contributed by atoms with Crippen molar-refractivity contribution in [1.29, 1.82) is 0 Å². The third-order valence-corrected chi connectivity index (χ3v) is 11.3. The molecule has 0 N–H and O–H groups in total. The van der Waals surface area contributed by atoms with Gasteiger partial charge in [0.2, 0.25) is 0 Å². The summed E-state index contributed by atoms with van der Waals surface area (Å²) >= 11 is 0. The summed E-state index contributed by atoms with van der Waals surface area (Å²) in [5.74, 6) is 0. The van der Waals surface area contributed by atoms with E-state index in [1.54, 1.807) is 0 Å². The fraction of sp³-hybridized carbons (Fsp3) is 0.0185. The van der Waals surface area contributed by atoms with E-state index in [-0.39, 0.29) is 0 Å². The van der Waals surface area contributed by atoms with Crippen LogP contribution in [0.25, 0.3) is 105 Å². The van der Waals surface area contributed by atoms with Crippen LogP contribution in [-0.2, 0) is 0 Å². The molecule has 2 heterocycles. The highest BCUT2D eigenvalue weighted by atomic mass is 14.7. The molecule has 1 aliphatic rings. The molecule has 2 aromatic heterocycles. The van der Waals surface area contributed by atoms with Crippen LogP contribution in [0.5, 0.6) is 0 Å². The van der Waals surface area contributed by atoms with Crippen molar-refractivity contribution in [2.75, 3.05) is 0 Å². The smallest absolute Gasteiger partial charge is 0.0796 e. The fourth-order valence-electron chi connectivity index (χ4n) is 8.71. The third kappa shape index (κ3) is 5.20. The molecule has 0 fully saturated rings. The van der Waals surface area contributed by atoms with Crippen LogP contribution >= 0.6 is 0 Å². The molecule has 0 atom stereocenters. The lowest BCUT2D eigenvalue weighted by Crippen LogP contribution is -1.93. The molecule has 0 spiro atoms. The summed E-state index contributed by atoms with van der Waals surface area (Å²) < 4.78 is 0. The number of allylic oxidation sites excluding steroid dienone is 2. The van der Waals surface area contributed by atoms with Gasteiger partial charge in [-0.05, 0) is 75.0 Å². The largest absolute Gasteiger partial charge is 0.247 e. The van der Waals surface area contributed by atoms with Crippen LogP contribution in [0.1, 0.15) is 23.6 Å². The van der Waals surface area contributed by atoms with Crippen LogP contribution in [0.15, 0.2) is 188 Å². The number of hydrogen-bond acceptors (Lipinski definition) is 2. The molecule has 0 unspecified atom stereocenters. The summed E-state index contributed by atoms with van der Waals surface area (Å²) in [7, 11) is 0. The Bertz CT molecular complexity index is 3330. The first-order valence-corrected chi connectivity index (χ1v) is 19.2. The Kier molecular flexibility index (Phi) is 7.38. The molecule has 0 saturated heterocycles. The molecule has 11 rings (SSSR count). The van der Waals surface area contributed by atoms with Crippen molar-refractivity contribution in [2.45, 2.75) is 6.92 Å². The third-order valence-electron chi connectivity index (χ3n) is 11.3. The van der Waals surface area contributed by atoms with Crippen molar-refractivity contribution in [3.63, 3.8) is 0 Å². The van der Waals surface area contributed by atoms with E-state index >= 15 is 0 Å². The molecule has 260 valence electrons. The van der Waals surface area contributed by atoms with E-state index in [2.05, 4.69) is 195 Å². The van der Waals surface area contributed by atoms with Gasteiger partial charge in [0.15, 0.2) is 0 Å². The minimum atomic E-state index is 0.973. The lowest BCUT2D eigenvalue weighted by Gasteiger charge is -2.15. The quantitative estimate of drug-likeness (QED) is 0.134. The first kappa shape index (κ1) is 32.1. The van der Waals surface area contributed by atoms with E-state index in [4.69, 9.17) is 9.97 Å². The molecule has 0 bridgehead atoms. The predicted octanol–water partition coefficient (Wildman–Crippen LogP) is 14.4. The summed E-state index contributed by atoms with van der Waals surface area (Å²) in [6.45, 7) is 2.16. The number of aromatic nitrogens is 2. The molecular formula is C54H34N2. The standard InChI is InChI=1S/C54H34N2/c1-34-32-40(25-23-37-22-24-38-27-31-49(55-54(38)51(34)37)36-13-3-2-4-14-36)43-30-29-42(45-18-7-8-19-46(43)45)39-15-11-16-41(33-39)53-48-28-26-35-12-5-6-17-44(35)52(48)47-20-9-10-21-50(47)56-53/h2-31,33H,1H3. The molecule has 2 nitrogen and oxygen atoms in total. The number of para-hydroxylation sites is 1. The molecule has 2 heteroatoms. The van der Waals surface area contributed by atoms with Crippen molar-refractivity contribution in [1.82, 2.24) is 9.97 Å². The van der Waals surface area contributed by atoms with Gasteiger partial charge in [0.05, 0.1) is 22.4 Å². The number of pyridine rings is 2. The summed E-state index contributed by atoms with van der Waals surface area (Å²) in [6, 6.07) is 62.9. The zero-order chi connectivity index (χ0) is 37.2. The van der Waals surface area contributed by atoms with Gasteiger partial charge in [0, 0.05) is 49.4 Å². The first-order chi connectivity index (χ1) is 27.7. The molecule has 8 aromatic carbocycles. The minimum Gasteiger partial charge on any atom is -0.247 e. The number of benzene rings is 8. The minimum absolute atomic E-state index is 0.973. The summed E-state index contributed by atoms with van der Waals surface area (Å²) in [4.78, 5) is 10.5. The maximum absolute atomic E-state index is 5.30. The van der Waals surface area contributed by atoms with Crippen molar-refractivity contribution in [3.8, 4) is 33.6 Å². The van der Waals surface area contributed by atoms with E-state index in [9.17, 15) is 0 Å². The van der Waals surface area contributed by atoms with E-state index in [1.165, 1.54) is 37.9 Å². The highest BCUT2D eigenvalue weighted by Crippen LogP contribution is 2.41. The summed E-state index contributed by atoms with van der Waals surface area (Å²) in [6.07, 6.45) is 4.44. The van der Waals surface area contributed by atoms with Crippen LogP contribution in [0.2, 0.25) is 0 Å². The molecule has 56 heavy (non-hydrogen) atoms. The Morgan fingerprint density at radius 2 is 1.12 bits per heavy atom. The first-order valence-electron chi connectivity index (χ1n) is 19.2. The Balaban J connectivity index is 1.05. The second-order valence-corrected chi connectivity index (χ2v) is 14.6. The average Bonchev–Trinajstić information content (AvgIpc) is 3.44. The second kappa shape index (κ2) is 12.9. The Morgan fingerprint density at radius 3 is 2.00 bits per heavy atom. The molecule has 0 saturated carbocycles. The van der Waals surface area contributed by atoms with Gasteiger partial charge < -0.3 is 0 Å². The summed E-state index contributed by atoms with van der Waals surface area (Å²) in [5, 5.41) is 9.59. The topological polar surface area (TPSA) is 25.8 Å². The van der Waals surface area contributed by atoms with Crippen LogP contribution in [0, 0.1) is 0 Å². The van der Waals surface area contributed by atoms with E-state index in [0.717, 1.165) is 77.7 Å². The molecular weight excluding hydrogens is 677 g/mol. The molecule has 0 radical (unpaired) electrons. The van der Waals surface area contributed by atoms with Gasteiger partial charge >= 0.3 is 0 Å². The van der Waals surface area contributed by atoms with Crippen LogP contribution in [0.3, 0.4) is 0 Å². The van der Waals surface area contributed by atoms with Crippen molar-refractivity contribution < 1.29 is 0 Å². The highest BCUT2D eigenvalue weighted by molar-refractivity contribution is 6.22. The normalized spacial score (nSPS) is 12.6. The number of hydrogen-bond donors (Lipinski definition) is 0. The molecule has 1 aliphatic carbocycles. The number of fused-ring (bicyclic) bond motifs is 9. The Morgan fingerprint density at radius 1 is 0.446 bits per heavy atom. The van der Waals surface area contributed by atoms with E-state index < -0.39 is 0 Å². The van der Waals surface area contributed by atoms with Gasteiger partial charge in [-0.25, -0.2) is 9.97 Å².